The Morgan fingerprint density at radius 1 is 0.860 bits per heavy atom. The fourth-order valence-electron chi connectivity index (χ4n) is 4.86. The Morgan fingerprint density at radius 2 is 1.51 bits per heavy atom. The van der Waals surface area contributed by atoms with E-state index in [9.17, 15) is 9.59 Å². The van der Waals surface area contributed by atoms with Crippen molar-refractivity contribution in [1.29, 1.82) is 0 Å². The van der Waals surface area contributed by atoms with Crippen molar-refractivity contribution < 1.29 is 14.3 Å². The molecule has 8 heteroatoms. The van der Waals surface area contributed by atoms with E-state index in [0.717, 1.165) is 27.8 Å². The monoisotopic (exact) mass is 611 g/mol. The number of aliphatic imine (C=N–C) groups is 1. The first-order valence-electron chi connectivity index (χ1n) is 13.8. The van der Waals surface area contributed by atoms with Crippen LogP contribution in [0.4, 0.5) is 4.79 Å². The van der Waals surface area contributed by atoms with Gasteiger partial charge in [-0.05, 0) is 61.2 Å². The summed E-state index contributed by atoms with van der Waals surface area (Å²) in [6, 6.07) is 30.0. The second kappa shape index (κ2) is 13.3. The van der Waals surface area contributed by atoms with E-state index >= 15 is 0 Å². The molecule has 1 saturated heterocycles. The minimum atomic E-state index is -0.644. The molecule has 0 spiro atoms. The fourth-order valence-corrected chi connectivity index (χ4v) is 5.35. The molecule has 2 amide bonds. The number of halogens is 2. The van der Waals surface area contributed by atoms with Crippen LogP contribution in [-0.4, -0.2) is 40.8 Å². The number of guanidine groups is 1. The Labute approximate surface area is 261 Å². The molecule has 1 aliphatic heterocycles. The van der Waals surface area contributed by atoms with Crippen molar-refractivity contribution in [1.82, 2.24) is 9.80 Å². The molecule has 1 unspecified atom stereocenters. The molecule has 1 heterocycles. The van der Waals surface area contributed by atoms with Crippen LogP contribution < -0.4 is 0 Å². The molecule has 0 saturated carbocycles. The standard InChI is InChI=1S/C35H31Cl2N3O3/c1-23-9-13-25(14-10-23)19-31-32(20-26-15-11-24(2)12-16-26)40(35(42)43-22-27-7-5-4-6-8-27)34(39(31)3)38-33(41)29-18-17-28(36)21-30(29)37/h4-18,20-21,31H,19,22H2,1-3H3/b32-20-,38-34-. The molecular weight excluding hydrogens is 581 g/mol. The van der Waals surface area contributed by atoms with Gasteiger partial charge in [-0.3, -0.25) is 4.79 Å². The average Bonchev–Trinajstić information content (AvgIpc) is 3.24. The number of aryl methyl sites for hydroxylation is 2. The predicted octanol–water partition coefficient (Wildman–Crippen LogP) is 8.34. The van der Waals surface area contributed by atoms with Crippen molar-refractivity contribution in [2.24, 2.45) is 4.99 Å². The Morgan fingerprint density at radius 3 is 2.16 bits per heavy atom. The van der Waals surface area contributed by atoms with Crippen LogP contribution in [0.2, 0.25) is 10.0 Å². The number of hydrogen-bond acceptors (Lipinski definition) is 3. The zero-order valence-electron chi connectivity index (χ0n) is 24.1. The summed E-state index contributed by atoms with van der Waals surface area (Å²) in [5, 5.41) is 0.576. The normalized spacial score (nSPS) is 16.6. The summed E-state index contributed by atoms with van der Waals surface area (Å²) < 4.78 is 5.80. The second-order valence-corrected chi connectivity index (χ2v) is 11.4. The van der Waals surface area contributed by atoms with Crippen LogP contribution in [0.25, 0.3) is 6.08 Å². The third-order valence-electron chi connectivity index (χ3n) is 7.27. The van der Waals surface area contributed by atoms with Gasteiger partial charge >= 0.3 is 6.09 Å². The van der Waals surface area contributed by atoms with Gasteiger partial charge in [0.15, 0.2) is 0 Å². The molecule has 4 aromatic rings. The molecule has 0 bridgehead atoms. The number of carbonyl (C=O) groups is 2. The summed E-state index contributed by atoms with van der Waals surface area (Å²) in [5.74, 6) is -0.459. The van der Waals surface area contributed by atoms with E-state index in [0.29, 0.717) is 17.1 Å². The predicted molar refractivity (Wildman–Crippen MR) is 172 cm³/mol. The quantitative estimate of drug-likeness (QED) is 0.220. The molecule has 0 radical (unpaired) electrons. The Bertz CT molecular complexity index is 1680. The molecule has 4 aromatic carbocycles. The van der Waals surface area contributed by atoms with E-state index in [1.165, 1.54) is 17.0 Å². The number of rotatable bonds is 6. The smallest absolute Gasteiger partial charge is 0.421 e. The Hall–Kier alpha value is -4.39. The van der Waals surface area contributed by atoms with Crippen molar-refractivity contribution in [3.05, 3.63) is 146 Å². The van der Waals surface area contributed by atoms with Crippen LogP contribution in [0.15, 0.2) is 108 Å². The molecule has 6 nitrogen and oxygen atoms in total. The maximum atomic E-state index is 13.9. The SMILES string of the molecule is Cc1ccc(/C=C2/C(Cc3ccc(C)cc3)N(C)/C(=N/C(=O)c3ccc(Cl)cc3Cl)N2C(=O)OCc2ccccc2)cc1. The second-order valence-electron chi connectivity index (χ2n) is 10.5. The number of nitrogens with zero attached hydrogens (tertiary/aromatic N) is 3. The zero-order chi connectivity index (χ0) is 30.5. The zero-order valence-corrected chi connectivity index (χ0v) is 25.6. The van der Waals surface area contributed by atoms with Crippen LogP contribution in [0.3, 0.4) is 0 Å². The summed E-state index contributed by atoms with van der Waals surface area (Å²) in [6.45, 7) is 4.12. The maximum absolute atomic E-state index is 13.9. The number of hydrogen-bond donors (Lipinski definition) is 0. The average molecular weight is 613 g/mol. The summed E-state index contributed by atoms with van der Waals surface area (Å²) in [5.41, 5.74) is 5.90. The highest BCUT2D eigenvalue weighted by atomic mass is 35.5. The highest BCUT2D eigenvalue weighted by molar-refractivity contribution is 6.37. The molecule has 218 valence electrons. The fraction of sp³-hybridized carbons (Fsp3) is 0.171. The van der Waals surface area contributed by atoms with Crippen LogP contribution in [0, 0.1) is 13.8 Å². The molecule has 1 fully saturated rings. The van der Waals surface area contributed by atoms with E-state index in [2.05, 4.69) is 29.3 Å². The third kappa shape index (κ3) is 7.16. The third-order valence-corrected chi connectivity index (χ3v) is 7.82. The first-order chi connectivity index (χ1) is 20.7. The van der Waals surface area contributed by atoms with E-state index < -0.39 is 12.0 Å². The molecule has 0 aliphatic carbocycles. The van der Waals surface area contributed by atoms with Gasteiger partial charge in [-0.1, -0.05) is 113 Å². The van der Waals surface area contributed by atoms with Crippen LogP contribution >= 0.6 is 23.2 Å². The first-order valence-corrected chi connectivity index (χ1v) is 14.6. The van der Waals surface area contributed by atoms with Gasteiger partial charge in [0.2, 0.25) is 5.96 Å². The van der Waals surface area contributed by atoms with Gasteiger partial charge in [0.25, 0.3) is 5.91 Å². The minimum absolute atomic E-state index is 0.0601. The van der Waals surface area contributed by atoms with Crippen molar-refractivity contribution in [3.63, 3.8) is 0 Å². The van der Waals surface area contributed by atoms with Crippen molar-refractivity contribution in [2.45, 2.75) is 32.9 Å². The lowest BCUT2D eigenvalue weighted by Gasteiger charge is -2.20. The number of likely N-dealkylation sites (N-methyl/N-ethyl adjacent to an activating group) is 1. The van der Waals surface area contributed by atoms with Gasteiger partial charge in [0.05, 0.1) is 22.3 Å². The van der Waals surface area contributed by atoms with Crippen molar-refractivity contribution in [2.75, 3.05) is 7.05 Å². The maximum Gasteiger partial charge on any atom is 0.421 e. The van der Waals surface area contributed by atoms with Gasteiger partial charge in [-0.2, -0.15) is 4.99 Å². The molecule has 0 N–H and O–H groups in total. The van der Waals surface area contributed by atoms with Gasteiger partial charge < -0.3 is 9.64 Å². The van der Waals surface area contributed by atoms with Crippen molar-refractivity contribution in [3.8, 4) is 0 Å². The van der Waals surface area contributed by atoms with Crippen LogP contribution in [-0.2, 0) is 17.8 Å². The Balaban J connectivity index is 1.60. The van der Waals surface area contributed by atoms with Crippen molar-refractivity contribution >= 4 is 47.2 Å². The summed E-state index contributed by atoms with van der Waals surface area (Å²) >= 11 is 12.4. The van der Waals surface area contributed by atoms with Crippen LogP contribution in [0.1, 0.15) is 38.2 Å². The van der Waals surface area contributed by atoms with Gasteiger partial charge in [0.1, 0.15) is 6.61 Å². The number of benzene rings is 4. The summed E-state index contributed by atoms with van der Waals surface area (Å²) in [7, 11) is 1.82. The summed E-state index contributed by atoms with van der Waals surface area (Å²) in [6.07, 6.45) is 1.86. The molecule has 5 rings (SSSR count). The highest BCUT2D eigenvalue weighted by Crippen LogP contribution is 2.32. The van der Waals surface area contributed by atoms with E-state index in [-0.39, 0.29) is 29.2 Å². The lowest BCUT2D eigenvalue weighted by atomic mass is 10.0. The molecule has 1 aliphatic rings. The first kappa shape index (κ1) is 30.1. The number of ether oxygens (including phenoxy) is 1. The topological polar surface area (TPSA) is 62.2 Å². The summed E-state index contributed by atoms with van der Waals surface area (Å²) in [4.78, 5) is 35.1. The number of amides is 2. The Kier molecular flexibility index (Phi) is 9.29. The van der Waals surface area contributed by atoms with E-state index in [1.54, 1.807) is 6.07 Å². The minimum Gasteiger partial charge on any atom is -0.444 e. The molecular formula is C35H31Cl2N3O3. The lowest BCUT2D eigenvalue weighted by molar-refractivity contribution is 0.0999. The largest absolute Gasteiger partial charge is 0.444 e. The van der Waals surface area contributed by atoms with E-state index in [4.69, 9.17) is 27.9 Å². The van der Waals surface area contributed by atoms with Gasteiger partial charge in [-0.25, -0.2) is 9.69 Å². The van der Waals surface area contributed by atoms with Crippen LogP contribution in [0.5, 0.6) is 0 Å². The molecule has 0 aromatic heterocycles. The molecule has 43 heavy (non-hydrogen) atoms. The van der Waals surface area contributed by atoms with Gasteiger partial charge in [-0.15, -0.1) is 0 Å². The van der Waals surface area contributed by atoms with E-state index in [1.807, 2.05) is 86.5 Å². The number of carbonyl (C=O) groups excluding carboxylic acids is 2. The van der Waals surface area contributed by atoms with Gasteiger partial charge in [0, 0.05) is 12.1 Å². The highest BCUT2D eigenvalue weighted by Gasteiger charge is 2.43. The lowest BCUT2D eigenvalue weighted by Crippen LogP contribution is -2.37. The molecule has 1 atom stereocenters.